The van der Waals surface area contributed by atoms with Gasteiger partial charge in [0, 0.05) is 31.9 Å². The van der Waals surface area contributed by atoms with E-state index in [0.717, 1.165) is 22.5 Å². The van der Waals surface area contributed by atoms with Gasteiger partial charge in [-0.05, 0) is 37.1 Å². The third-order valence-electron chi connectivity index (χ3n) is 2.86. The number of hydrogen-bond acceptors (Lipinski definition) is 3. The molecule has 0 unspecified atom stereocenters. The lowest BCUT2D eigenvalue weighted by Gasteiger charge is -2.18. The van der Waals surface area contributed by atoms with E-state index in [0.29, 0.717) is 0 Å². The molecule has 0 atom stereocenters. The molecule has 0 aliphatic heterocycles. The molecule has 0 bridgehead atoms. The van der Waals surface area contributed by atoms with Crippen molar-refractivity contribution in [2.75, 3.05) is 24.3 Å². The average molecular weight is 264 g/mol. The van der Waals surface area contributed by atoms with Crippen molar-refractivity contribution >= 4 is 23.3 Å². The zero-order chi connectivity index (χ0) is 14.6. The van der Waals surface area contributed by atoms with E-state index in [-0.39, 0.29) is 18.7 Å². The Balaban J connectivity index is 2.84. The number of hydrogen-bond donors (Lipinski definition) is 2. The minimum atomic E-state index is -0.966. The third-order valence-corrected chi connectivity index (χ3v) is 2.86. The second-order valence-corrected chi connectivity index (χ2v) is 4.79. The molecule has 0 aliphatic carbocycles. The van der Waals surface area contributed by atoms with Crippen molar-refractivity contribution < 1.29 is 14.7 Å². The number of aliphatic carboxylic acids is 1. The van der Waals surface area contributed by atoms with Crippen LogP contribution >= 0.6 is 0 Å². The van der Waals surface area contributed by atoms with Crippen molar-refractivity contribution in [2.24, 2.45) is 0 Å². The van der Waals surface area contributed by atoms with Crippen LogP contribution in [0.15, 0.2) is 12.1 Å². The van der Waals surface area contributed by atoms with Crippen LogP contribution in [0.3, 0.4) is 0 Å². The molecule has 0 saturated carbocycles. The van der Waals surface area contributed by atoms with Crippen LogP contribution in [0.4, 0.5) is 11.4 Å². The Morgan fingerprint density at radius 3 is 2.11 bits per heavy atom. The number of benzene rings is 1. The van der Waals surface area contributed by atoms with Crippen molar-refractivity contribution in [1.82, 2.24) is 0 Å². The molecular weight excluding hydrogens is 244 g/mol. The van der Waals surface area contributed by atoms with Crippen LogP contribution in [0.25, 0.3) is 0 Å². The van der Waals surface area contributed by atoms with Gasteiger partial charge in [0.2, 0.25) is 5.91 Å². The molecule has 104 valence electrons. The summed E-state index contributed by atoms with van der Waals surface area (Å²) in [4.78, 5) is 24.1. The van der Waals surface area contributed by atoms with Crippen molar-refractivity contribution in [2.45, 2.75) is 26.7 Å². The highest BCUT2D eigenvalue weighted by molar-refractivity contribution is 5.94. The van der Waals surface area contributed by atoms with Crippen LogP contribution in [0.2, 0.25) is 0 Å². The lowest BCUT2D eigenvalue weighted by Crippen LogP contribution is -2.16. The molecular formula is C14H20N2O3. The van der Waals surface area contributed by atoms with E-state index >= 15 is 0 Å². The fourth-order valence-corrected chi connectivity index (χ4v) is 1.82. The van der Waals surface area contributed by atoms with Crippen molar-refractivity contribution in [3.63, 3.8) is 0 Å². The molecule has 1 aromatic rings. The Morgan fingerprint density at radius 1 is 1.16 bits per heavy atom. The maximum absolute atomic E-state index is 11.7. The summed E-state index contributed by atoms with van der Waals surface area (Å²) in [6, 6.07) is 3.97. The van der Waals surface area contributed by atoms with Gasteiger partial charge in [0.15, 0.2) is 0 Å². The number of nitrogens with zero attached hydrogens (tertiary/aromatic N) is 1. The predicted molar refractivity (Wildman–Crippen MR) is 75.7 cm³/mol. The van der Waals surface area contributed by atoms with Crippen LogP contribution in [0.5, 0.6) is 0 Å². The van der Waals surface area contributed by atoms with E-state index in [1.807, 2.05) is 45.0 Å². The second kappa shape index (κ2) is 6.22. The first-order chi connectivity index (χ1) is 8.81. The summed E-state index contributed by atoms with van der Waals surface area (Å²) in [5.74, 6) is -1.24. The molecule has 0 radical (unpaired) electrons. The van der Waals surface area contributed by atoms with Crippen LogP contribution in [-0.4, -0.2) is 31.1 Å². The van der Waals surface area contributed by atoms with E-state index in [4.69, 9.17) is 5.11 Å². The zero-order valence-electron chi connectivity index (χ0n) is 11.8. The maximum Gasteiger partial charge on any atom is 0.303 e. The van der Waals surface area contributed by atoms with Crippen LogP contribution in [0, 0.1) is 13.8 Å². The highest BCUT2D eigenvalue weighted by Crippen LogP contribution is 2.26. The van der Waals surface area contributed by atoms with Gasteiger partial charge in [-0.2, -0.15) is 0 Å². The Morgan fingerprint density at radius 2 is 1.68 bits per heavy atom. The Hall–Kier alpha value is -2.04. The second-order valence-electron chi connectivity index (χ2n) is 4.79. The van der Waals surface area contributed by atoms with Gasteiger partial charge in [-0.25, -0.2) is 0 Å². The monoisotopic (exact) mass is 264 g/mol. The molecule has 2 N–H and O–H groups in total. The lowest BCUT2D eigenvalue weighted by molar-refractivity contribution is -0.138. The molecule has 0 aliphatic rings. The quantitative estimate of drug-likeness (QED) is 0.855. The summed E-state index contributed by atoms with van der Waals surface area (Å²) in [5, 5.41) is 11.3. The van der Waals surface area contributed by atoms with Gasteiger partial charge < -0.3 is 15.3 Å². The van der Waals surface area contributed by atoms with E-state index < -0.39 is 5.97 Å². The van der Waals surface area contributed by atoms with Crippen LogP contribution in [-0.2, 0) is 9.59 Å². The van der Waals surface area contributed by atoms with Gasteiger partial charge in [0.1, 0.15) is 0 Å². The molecule has 0 spiro atoms. The van der Waals surface area contributed by atoms with Crippen LogP contribution in [0.1, 0.15) is 24.0 Å². The van der Waals surface area contributed by atoms with Crippen molar-refractivity contribution in [1.29, 1.82) is 0 Å². The molecule has 19 heavy (non-hydrogen) atoms. The lowest BCUT2D eigenvalue weighted by atomic mass is 10.1. The number of anilines is 2. The predicted octanol–water partition coefficient (Wildman–Crippen LogP) is 2.17. The summed E-state index contributed by atoms with van der Waals surface area (Å²) in [6.07, 6.45) is -0.163. The summed E-state index contributed by atoms with van der Waals surface area (Å²) >= 11 is 0. The number of amides is 1. The van der Waals surface area contributed by atoms with Gasteiger partial charge in [0.05, 0.1) is 6.42 Å². The minimum absolute atomic E-state index is 0.0103. The normalized spacial score (nSPS) is 10.1. The number of nitrogens with one attached hydrogen (secondary N) is 1. The summed E-state index contributed by atoms with van der Waals surface area (Å²) in [7, 11) is 3.92. The molecule has 0 aromatic heterocycles. The number of carboxylic acids is 1. The molecule has 0 heterocycles. The molecule has 1 amide bonds. The maximum atomic E-state index is 11.7. The van der Waals surface area contributed by atoms with Gasteiger partial charge >= 0.3 is 5.97 Å². The summed E-state index contributed by atoms with van der Waals surface area (Å²) in [6.45, 7) is 3.85. The first-order valence-corrected chi connectivity index (χ1v) is 6.11. The molecule has 0 saturated heterocycles. The first kappa shape index (κ1) is 15.0. The smallest absolute Gasteiger partial charge is 0.303 e. The minimum Gasteiger partial charge on any atom is -0.481 e. The topological polar surface area (TPSA) is 69.6 Å². The highest BCUT2D eigenvalue weighted by Gasteiger charge is 2.11. The third kappa shape index (κ3) is 4.28. The Bertz CT molecular complexity index is 472. The fourth-order valence-electron chi connectivity index (χ4n) is 1.82. The standard InChI is InChI=1S/C14H20N2O3/c1-9-7-11(16(3)4)8-10(2)14(9)15-12(17)5-6-13(18)19/h7-8H,5-6H2,1-4H3,(H,15,17)(H,18,19). The molecule has 1 aromatic carbocycles. The molecule has 0 fully saturated rings. The Kier molecular flexibility index (Phi) is 4.92. The largest absolute Gasteiger partial charge is 0.481 e. The molecule has 5 nitrogen and oxygen atoms in total. The van der Waals surface area contributed by atoms with Crippen molar-refractivity contribution in [3.8, 4) is 0 Å². The number of carbonyl (C=O) groups excluding carboxylic acids is 1. The summed E-state index contributed by atoms with van der Waals surface area (Å²) < 4.78 is 0. The van der Waals surface area contributed by atoms with Gasteiger partial charge in [-0.15, -0.1) is 0 Å². The number of carboxylic acid groups (broad SMARTS) is 1. The number of aryl methyl sites for hydroxylation is 2. The molecule has 5 heteroatoms. The SMILES string of the molecule is Cc1cc(N(C)C)cc(C)c1NC(=O)CCC(=O)O. The van der Waals surface area contributed by atoms with Gasteiger partial charge in [-0.3, -0.25) is 9.59 Å². The van der Waals surface area contributed by atoms with E-state index in [1.54, 1.807) is 0 Å². The van der Waals surface area contributed by atoms with Crippen LogP contribution < -0.4 is 10.2 Å². The highest BCUT2D eigenvalue weighted by atomic mass is 16.4. The summed E-state index contributed by atoms with van der Waals surface area (Å²) in [5.41, 5.74) is 3.76. The first-order valence-electron chi connectivity index (χ1n) is 6.11. The average Bonchev–Trinajstić information content (AvgIpc) is 2.30. The molecule has 1 rings (SSSR count). The van der Waals surface area contributed by atoms with Gasteiger partial charge in [-0.1, -0.05) is 0 Å². The van der Waals surface area contributed by atoms with E-state index in [9.17, 15) is 9.59 Å². The van der Waals surface area contributed by atoms with Gasteiger partial charge in [0.25, 0.3) is 0 Å². The fraction of sp³-hybridized carbons (Fsp3) is 0.429. The number of rotatable bonds is 5. The zero-order valence-corrected chi connectivity index (χ0v) is 11.8. The van der Waals surface area contributed by atoms with E-state index in [1.165, 1.54) is 0 Å². The van der Waals surface area contributed by atoms with Crippen molar-refractivity contribution in [3.05, 3.63) is 23.3 Å². The number of carbonyl (C=O) groups is 2. The Labute approximate surface area is 113 Å². The van der Waals surface area contributed by atoms with E-state index in [2.05, 4.69) is 5.32 Å².